The molecule has 2 rings (SSSR count). The first kappa shape index (κ1) is 12.1. The third-order valence-electron chi connectivity index (χ3n) is 2.62. The number of hydrogen-bond donors (Lipinski definition) is 1. The van der Waals surface area contributed by atoms with Crippen LogP contribution in [0.2, 0.25) is 0 Å². The highest BCUT2D eigenvalue weighted by atomic mass is 16.5. The van der Waals surface area contributed by atoms with Crippen LogP contribution < -0.4 is 14.8 Å². The van der Waals surface area contributed by atoms with Gasteiger partial charge < -0.3 is 14.8 Å². The Morgan fingerprint density at radius 2 is 2.24 bits per heavy atom. The summed E-state index contributed by atoms with van der Waals surface area (Å²) >= 11 is 0. The van der Waals surface area contributed by atoms with Gasteiger partial charge in [0.05, 0.1) is 6.61 Å². The maximum atomic E-state index is 5.73. The van der Waals surface area contributed by atoms with Crippen LogP contribution in [0, 0.1) is 0 Å². The van der Waals surface area contributed by atoms with E-state index in [2.05, 4.69) is 22.2 Å². The zero-order valence-electron chi connectivity index (χ0n) is 10.2. The van der Waals surface area contributed by atoms with Gasteiger partial charge in [-0.2, -0.15) is 4.98 Å². The molecule has 94 valence electrons. The van der Waals surface area contributed by atoms with E-state index in [1.54, 1.807) is 12.3 Å². The highest BCUT2D eigenvalue weighted by Gasteiger charge is 2.15. The molecule has 0 bridgehead atoms. The second-order valence-corrected chi connectivity index (χ2v) is 4.09. The van der Waals surface area contributed by atoms with Gasteiger partial charge in [-0.25, -0.2) is 4.98 Å². The van der Waals surface area contributed by atoms with Crippen molar-refractivity contribution in [2.75, 3.05) is 19.7 Å². The zero-order valence-corrected chi connectivity index (χ0v) is 10.2. The molecular formula is C12H19N3O2. The van der Waals surface area contributed by atoms with Gasteiger partial charge in [-0.1, -0.05) is 6.92 Å². The number of piperidine rings is 1. The molecule has 5 heteroatoms. The Hall–Kier alpha value is -1.36. The van der Waals surface area contributed by atoms with E-state index in [1.165, 1.54) is 0 Å². The van der Waals surface area contributed by atoms with Crippen molar-refractivity contribution in [2.24, 2.45) is 0 Å². The molecule has 1 aliphatic rings. The molecule has 5 nitrogen and oxygen atoms in total. The molecule has 1 aromatic heterocycles. The lowest BCUT2D eigenvalue weighted by Crippen LogP contribution is -2.34. The van der Waals surface area contributed by atoms with Crippen LogP contribution in [0.3, 0.4) is 0 Å². The van der Waals surface area contributed by atoms with Crippen LogP contribution in [0.15, 0.2) is 12.3 Å². The van der Waals surface area contributed by atoms with E-state index in [0.29, 0.717) is 18.5 Å². The standard InChI is InChI=1S/C12H19N3O2/c1-2-9-16-11-5-8-14-12(15-11)17-10-3-6-13-7-4-10/h5,8,10,13H,2-4,6-7,9H2,1H3. The minimum absolute atomic E-state index is 0.220. The Bertz CT molecular complexity index is 340. The molecule has 0 unspecified atom stereocenters. The Morgan fingerprint density at radius 1 is 1.41 bits per heavy atom. The summed E-state index contributed by atoms with van der Waals surface area (Å²) in [5.74, 6) is 0.589. The van der Waals surface area contributed by atoms with Crippen LogP contribution >= 0.6 is 0 Å². The van der Waals surface area contributed by atoms with Crippen molar-refractivity contribution in [3.8, 4) is 11.9 Å². The van der Waals surface area contributed by atoms with E-state index in [4.69, 9.17) is 9.47 Å². The predicted octanol–water partition coefficient (Wildman–Crippen LogP) is 1.40. The molecule has 2 heterocycles. The van der Waals surface area contributed by atoms with Gasteiger partial charge in [0.2, 0.25) is 5.88 Å². The highest BCUT2D eigenvalue weighted by molar-refractivity contribution is 5.11. The zero-order chi connectivity index (χ0) is 11.9. The van der Waals surface area contributed by atoms with E-state index in [9.17, 15) is 0 Å². The molecule has 0 amide bonds. The summed E-state index contributed by atoms with van der Waals surface area (Å²) in [4.78, 5) is 8.34. The maximum Gasteiger partial charge on any atom is 0.319 e. The van der Waals surface area contributed by atoms with Gasteiger partial charge in [0.1, 0.15) is 6.10 Å². The number of nitrogens with one attached hydrogen (secondary N) is 1. The fraction of sp³-hybridized carbons (Fsp3) is 0.667. The molecular weight excluding hydrogens is 218 g/mol. The second kappa shape index (κ2) is 6.39. The first-order valence-corrected chi connectivity index (χ1v) is 6.21. The van der Waals surface area contributed by atoms with Gasteiger partial charge in [-0.15, -0.1) is 0 Å². The van der Waals surface area contributed by atoms with E-state index in [1.807, 2.05) is 0 Å². The summed E-state index contributed by atoms with van der Waals surface area (Å²) in [6.45, 7) is 4.73. The summed E-state index contributed by atoms with van der Waals surface area (Å²) in [6, 6.07) is 2.18. The number of aromatic nitrogens is 2. The van der Waals surface area contributed by atoms with Gasteiger partial charge in [0.15, 0.2) is 0 Å². The lowest BCUT2D eigenvalue weighted by Gasteiger charge is -2.22. The summed E-state index contributed by atoms with van der Waals surface area (Å²) in [6.07, 6.45) is 4.87. The minimum Gasteiger partial charge on any atom is -0.478 e. The monoisotopic (exact) mass is 237 g/mol. The number of hydrogen-bond acceptors (Lipinski definition) is 5. The van der Waals surface area contributed by atoms with Crippen LogP contribution in [0.4, 0.5) is 0 Å². The molecule has 1 aliphatic heterocycles. The second-order valence-electron chi connectivity index (χ2n) is 4.09. The van der Waals surface area contributed by atoms with Gasteiger partial charge in [0, 0.05) is 12.3 Å². The summed E-state index contributed by atoms with van der Waals surface area (Å²) in [7, 11) is 0. The Balaban J connectivity index is 1.90. The minimum atomic E-state index is 0.220. The number of ether oxygens (including phenoxy) is 2. The molecule has 1 aromatic rings. The lowest BCUT2D eigenvalue weighted by molar-refractivity contribution is 0.146. The van der Waals surface area contributed by atoms with Crippen molar-refractivity contribution in [1.29, 1.82) is 0 Å². The SMILES string of the molecule is CCCOc1ccnc(OC2CCNCC2)n1. The molecule has 0 spiro atoms. The Morgan fingerprint density at radius 3 is 3.00 bits per heavy atom. The molecule has 0 radical (unpaired) electrons. The van der Waals surface area contributed by atoms with Gasteiger partial charge in [-0.05, 0) is 32.4 Å². The topological polar surface area (TPSA) is 56.3 Å². The van der Waals surface area contributed by atoms with E-state index < -0.39 is 0 Å². The number of nitrogens with zero attached hydrogens (tertiary/aromatic N) is 2. The average Bonchev–Trinajstić information content (AvgIpc) is 2.38. The smallest absolute Gasteiger partial charge is 0.319 e. The maximum absolute atomic E-state index is 5.73. The summed E-state index contributed by atoms with van der Waals surface area (Å²) < 4.78 is 11.2. The molecule has 1 N–H and O–H groups in total. The quantitative estimate of drug-likeness (QED) is 0.838. The fourth-order valence-corrected chi connectivity index (χ4v) is 1.73. The van der Waals surface area contributed by atoms with Crippen LogP contribution in [0.1, 0.15) is 26.2 Å². The van der Waals surface area contributed by atoms with Crippen molar-refractivity contribution in [2.45, 2.75) is 32.3 Å². The molecule has 0 aromatic carbocycles. The van der Waals surface area contributed by atoms with E-state index in [-0.39, 0.29) is 6.10 Å². The van der Waals surface area contributed by atoms with Crippen LogP contribution in [-0.4, -0.2) is 35.8 Å². The van der Waals surface area contributed by atoms with Gasteiger partial charge in [-0.3, -0.25) is 0 Å². The first-order valence-electron chi connectivity index (χ1n) is 6.21. The van der Waals surface area contributed by atoms with Crippen LogP contribution in [0.5, 0.6) is 11.9 Å². The van der Waals surface area contributed by atoms with Crippen molar-refractivity contribution in [3.05, 3.63) is 12.3 Å². The van der Waals surface area contributed by atoms with E-state index in [0.717, 1.165) is 32.4 Å². The molecule has 0 atom stereocenters. The Labute approximate surface area is 102 Å². The van der Waals surface area contributed by atoms with E-state index >= 15 is 0 Å². The van der Waals surface area contributed by atoms with Crippen molar-refractivity contribution < 1.29 is 9.47 Å². The predicted molar refractivity (Wildman–Crippen MR) is 64.3 cm³/mol. The van der Waals surface area contributed by atoms with Crippen molar-refractivity contribution in [3.63, 3.8) is 0 Å². The number of rotatable bonds is 5. The normalized spacial score (nSPS) is 16.8. The third-order valence-corrected chi connectivity index (χ3v) is 2.62. The fourth-order valence-electron chi connectivity index (χ4n) is 1.73. The van der Waals surface area contributed by atoms with Crippen molar-refractivity contribution in [1.82, 2.24) is 15.3 Å². The Kier molecular flexibility index (Phi) is 4.55. The van der Waals surface area contributed by atoms with Crippen LogP contribution in [0.25, 0.3) is 0 Å². The van der Waals surface area contributed by atoms with Crippen molar-refractivity contribution >= 4 is 0 Å². The molecule has 17 heavy (non-hydrogen) atoms. The highest BCUT2D eigenvalue weighted by Crippen LogP contribution is 2.15. The first-order chi connectivity index (χ1) is 8.38. The van der Waals surface area contributed by atoms with Gasteiger partial charge in [0.25, 0.3) is 0 Å². The molecule has 1 fully saturated rings. The summed E-state index contributed by atoms with van der Waals surface area (Å²) in [5, 5.41) is 3.29. The van der Waals surface area contributed by atoms with Gasteiger partial charge >= 0.3 is 6.01 Å². The van der Waals surface area contributed by atoms with Crippen LogP contribution in [-0.2, 0) is 0 Å². The summed E-state index contributed by atoms with van der Waals surface area (Å²) in [5.41, 5.74) is 0. The lowest BCUT2D eigenvalue weighted by atomic mass is 10.1. The molecule has 0 saturated carbocycles. The molecule has 0 aliphatic carbocycles. The average molecular weight is 237 g/mol. The third kappa shape index (κ3) is 3.85. The largest absolute Gasteiger partial charge is 0.478 e. The molecule has 1 saturated heterocycles.